The van der Waals surface area contributed by atoms with Crippen LogP contribution in [-0.2, 0) is 14.9 Å². The monoisotopic (exact) mass is 400 g/mol. The highest BCUT2D eigenvalue weighted by molar-refractivity contribution is 5.94. The third-order valence-electron chi connectivity index (χ3n) is 6.06. The first-order chi connectivity index (χ1) is 14.2. The molecule has 0 spiro atoms. The summed E-state index contributed by atoms with van der Waals surface area (Å²) in [6.07, 6.45) is 7.64. The number of likely N-dealkylation sites (tertiary alicyclic amines) is 1. The SMILES string of the molecule is COCCC1(c2noc(C3CCOCC3)n2)CCCN(C(=O)c2ccncc2)C1. The third kappa shape index (κ3) is 4.33. The Kier molecular flexibility index (Phi) is 6.20. The molecule has 8 heteroatoms. The van der Waals surface area contributed by atoms with Crippen LogP contribution in [0.2, 0.25) is 0 Å². The van der Waals surface area contributed by atoms with Gasteiger partial charge in [-0.3, -0.25) is 9.78 Å². The van der Waals surface area contributed by atoms with Gasteiger partial charge in [-0.25, -0.2) is 0 Å². The van der Waals surface area contributed by atoms with Crippen molar-refractivity contribution >= 4 is 5.91 Å². The van der Waals surface area contributed by atoms with Crippen LogP contribution >= 0.6 is 0 Å². The van der Waals surface area contributed by atoms with Gasteiger partial charge in [-0.05, 0) is 44.2 Å². The number of nitrogens with zero attached hydrogens (tertiary/aromatic N) is 4. The quantitative estimate of drug-likeness (QED) is 0.736. The lowest BCUT2D eigenvalue weighted by molar-refractivity contribution is 0.0567. The van der Waals surface area contributed by atoms with Gasteiger partial charge in [-0.15, -0.1) is 0 Å². The Bertz CT molecular complexity index is 806. The molecule has 2 aliphatic rings. The normalized spacial score (nSPS) is 23.3. The molecule has 1 atom stereocenters. The summed E-state index contributed by atoms with van der Waals surface area (Å²) in [5, 5.41) is 4.38. The number of methoxy groups -OCH3 is 1. The third-order valence-corrected chi connectivity index (χ3v) is 6.06. The molecule has 2 fully saturated rings. The molecule has 2 saturated heterocycles. The average Bonchev–Trinajstić information content (AvgIpc) is 3.30. The first-order valence-corrected chi connectivity index (χ1v) is 10.3. The summed E-state index contributed by atoms with van der Waals surface area (Å²) in [6, 6.07) is 3.51. The number of hydrogen-bond donors (Lipinski definition) is 0. The molecule has 4 heterocycles. The molecule has 2 aromatic heterocycles. The zero-order valence-corrected chi connectivity index (χ0v) is 16.9. The molecule has 0 N–H and O–H groups in total. The number of carbonyl (C=O) groups excluding carboxylic acids is 1. The fraction of sp³-hybridized carbons (Fsp3) is 0.619. The van der Waals surface area contributed by atoms with E-state index in [4.69, 9.17) is 19.0 Å². The van der Waals surface area contributed by atoms with E-state index < -0.39 is 0 Å². The molecule has 1 amide bonds. The second-order valence-electron chi connectivity index (χ2n) is 7.93. The van der Waals surface area contributed by atoms with Crippen LogP contribution in [0.5, 0.6) is 0 Å². The van der Waals surface area contributed by atoms with Crippen molar-refractivity contribution < 1.29 is 18.8 Å². The summed E-state index contributed by atoms with van der Waals surface area (Å²) in [5.74, 6) is 1.66. The molecular formula is C21H28N4O4. The molecule has 8 nitrogen and oxygen atoms in total. The molecule has 0 radical (unpaired) electrons. The highest BCUT2D eigenvalue weighted by Gasteiger charge is 2.42. The summed E-state index contributed by atoms with van der Waals surface area (Å²) >= 11 is 0. The molecule has 0 aliphatic carbocycles. The number of amides is 1. The summed E-state index contributed by atoms with van der Waals surface area (Å²) in [6.45, 7) is 3.32. The maximum absolute atomic E-state index is 13.0. The molecule has 0 aromatic carbocycles. The lowest BCUT2D eigenvalue weighted by Gasteiger charge is -2.41. The van der Waals surface area contributed by atoms with Crippen molar-refractivity contribution in [1.29, 1.82) is 0 Å². The maximum Gasteiger partial charge on any atom is 0.253 e. The zero-order valence-electron chi connectivity index (χ0n) is 16.9. The van der Waals surface area contributed by atoms with Gasteiger partial charge in [-0.2, -0.15) is 4.98 Å². The number of rotatable bonds is 6. The summed E-state index contributed by atoms with van der Waals surface area (Å²) in [4.78, 5) is 23.8. The van der Waals surface area contributed by atoms with Crippen molar-refractivity contribution in [3.8, 4) is 0 Å². The van der Waals surface area contributed by atoms with E-state index in [0.717, 1.165) is 51.9 Å². The average molecular weight is 400 g/mol. The standard InChI is InChI=1S/C21H28N4O4/c1-27-14-8-21(20-23-18(29-24-20)16-5-12-28-13-6-16)7-2-11-25(15-21)19(26)17-3-9-22-10-4-17/h3-4,9-10,16H,2,5-8,11-15H2,1H3. The predicted molar refractivity (Wildman–Crippen MR) is 105 cm³/mol. The Labute approximate surface area is 170 Å². The van der Waals surface area contributed by atoms with Crippen LogP contribution in [-0.4, -0.2) is 66.0 Å². The van der Waals surface area contributed by atoms with Gasteiger partial charge in [0.1, 0.15) is 0 Å². The van der Waals surface area contributed by atoms with Gasteiger partial charge < -0.3 is 18.9 Å². The largest absolute Gasteiger partial charge is 0.385 e. The number of aromatic nitrogens is 3. The van der Waals surface area contributed by atoms with Gasteiger partial charge in [0, 0.05) is 63.9 Å². The Morgan fingerprint density at radius 1 is 1.31 bits per heavy atom. The van der Waals surface area contributed by atoms with E-state index in [2.05, 4.69) is 10.1 Å². The van der Waals surface area contributed by atoms with Gasteiger partial charge in [0.05, 0.1) is 5.41 Å². The Morgan fingerprint density at radius 2 is 2.10 bits per heavy atom. The van der Waals surface area contributed by atoms with Crippen LogP contribution in [0.25, 0.3) is 0 Å². The Morgan fingerprint density at radius 3 is 2.86 bits per heavy atom. The summed E-state index contributed by atoms with van der Waals surface area (Å²) in [7, 11) is 1.69. The highest BCUT2D eigenvalue weighted by Crippen LogP contribution is 2.37. The molecule has 29 heavy (non-hydrogen) atoms. The van der Waals surface area contributed by atoms with E-state index in [-0.39, 0.29) is 17.2 Å². The van der Waals surface area contributed by atoms with Crippen LogP contribution < -0.4 is 0 Å². The van der Waals surface area contributed by atoms with Crippen molar-refractivity contribution in [2.45, 2.75) is 43.4 Å². The zero-order chi connectivity index (χ0) is 20.1. The fourth-order valence-electron chi connectivity index (χ4n) is 4.34. The van der Waals surface area contributed by atoms with Gasteiger partial charge in [-0.1, -0.05) is 5.16 Å². The van der Waals surface area contributed by atoms with Crippen LogP contribution in [0, 0.1) is 0 Å². The van der Waals surface area contributed by atoms with Crippen molar-refractivity contribution in [2.24, 2.45) is 0 Å². The lowest BCUT2D eigenvalue weighted by Crippen LogP contribution is -2.49. The Hall–Kier alpha value is -2.32. The highest BCUT2D eigenvalue weighted by atomic mass is 16.5. The van der Waals surface area contributed by atoms with Gasteiger partial charge in [0.25, 0.3) is 5.91 Å². The van der Waals surface area contributed by atoms with Crippen molar-refractivity contribution in [2.75, 3.05) is 40.0 Å². The molecule has 0 saturated carbocycles. The van der Waals surface area contributed by atoms with Gasteiger partial charge in [0.2, 0.25) is 5.89 Å². The topological polar surface area (TPSA) is 90.6 Å². The van der Waals surface area contributed by atoms with E-state index in [1.54, 1.807) is 31.6 Å². The number of pyridine rings is 1. The van der Waals surface area contributed by atoms with Gasteiger partial charge in [0.15, 0.2) is 5.82 Å². The van der Waals surface area contributed by atoms with E-state index in [1.165, 1.54) is 0 Å². The van der Waals surface area contributed by atoms with Crippen LogP contribution in [0.1, 0.15) is 60.1 Å². The van der Waals surface area contributed by atoms with Crippen molar-refractivity contribution in [3.05, 3.63) is 41.8 Å². The minimum Gasteiger partial charge on any atom is -0.385 e. The smallest absolute Gasteiger partial charge is 0.253 e. The lowest BCUT2D eigenvalue weighted by atomic mass is 9.76. The van der Waals surface area contributed by atoms with Crippen LogP contribution in [0.3, 0.4) is 0 Å². The van der Waals surface area contributed by atoms with E-state index >= 15 is 0 Å². The number of piperidine rings is 1. The van der Waals surface area contributed by atoms with Crippen molar-refractivity contribution in [3.63, 3.8) is 0 Å². The van der Waals surface area contributed by atoms with Crippen LogP contribution in [0.4, 0.5) is 0 Å². The number of carbonyl (C=O) groups is 1. The number of ether oxygens (including phenoxy) is 2. The van der Waals surface area contributed by atoms with Crippen molar-refractivity contribution in [1.82, 2.24) is 20.0 Å². The first kappa shape index (κ1) is 20.0. The minimum absolute atomic E-state index is 0.0158. The first-order valence-electron chi connectivity index (χ1n) is 10.3. The van der Waals surface area contributed by atoms with E-state index in [9.17, 15) is 4.79 Å². The second kappa shape index (κ2) is 9.00. The summed E-state index contributed by atoms with van der Waals surface area (Å²) < 4.78 is 16.5. The molecular weight excluding hydrogens is 372 g/mol. The van der Waals surface area contributed by atoms with E-state index in [1.807, 2.05) is 4.90 Å². The molecule has 2 aromatic rings. The molecule has 156 valence electrons. The minimum atomic E-state index is -0.357. The maximum atomic E-state index is 13.0. The van der Waals surface area contributed by atoms with Crippen LogP contribution in [0.15, 0.2) is 29.0 Å². The summed E-state index contributed by atoms with van der Waals surface area (Å²) in [5.41, 5.74) is 0.294. The second-order valence-corrected chi connectivity index (χ2v) is 7.93. The molecule has 1 unspecified atom stereocenters. The molecule has 4 rings (SSSR count). The fourth-order valence-corrected chi connectivity index (χ4v) is 4.34. The molecule has 0 bridgehead atoms. The van der Waals surface area contributed by atoms with Gasteiger partial charge >= 0.3 is 0 Å². The number of hydrogen-bond acceptors (Lipinski definition) is 7. The predicted octanol–water partition coefficient (Wildman–Crippen LogP) is 2.57. The molecule has 2 aliphatic heterocycles. The van der Waals surface area contributed by atoms with E-state index in [0.29, 0.717) is 30.4 Å². The Balaban J connectivity index is 1.57.